The normalized spacial score (nSPS) is 11.3. The van der Waals surface area contributed by atoms with Crippen molar-refractivity contribution in [2.24, 2.45) is 0 Å². The standard InChI is InChI=1S/C20H22FN5O3/c1-12-15(11-22-17-7-8-24-26(12)17)18(27)25-14-6-5-13(16(21)9-14)10-23-19(28)29-20(2,3)4/h5-9,11H,10H2,1-4H3,(H,23,28)(H,25,27). The topological polar surface area (TPSA) is 97.6 Å². The predicted octanol–water partition coefficient (Wildman–Crippen LogP) is 3.45. The first-order valence-corrected chi connectivity index (χ1v) is 9.00. The fraction of sp³-hybridized carbons (Fsp3) is 0.300. The summed E-state index contributed by atoms with van der Waals surface area (Å²) < 4.78 is 21.0. The van der Waals surface area contributed by atoms with E-state index in [1.165, 1.54) is 18.3 Å². The molecular formula is C20H22FN5O3. The number of hydrogen-bond donors (Lipinski definition) is 2. The van der Waals surface area contributed by atoms with Gasteiger partial charge < -0.3 is 15.4 Å². The molecule has 3 aromatic rings. The molecular weight excluding hydrogens is 377 g/mol. The molecule has 0 aliphatic carbocycles. The van der Waals surface area contributed by atoms with Crippen LogP contribution in [-0.2, 0) is 11.3 Å². The van der Waals surface area contributed by atoms with Gasteiger partial charge in [-0.25, -0.2) is 18.7 Å². The molecule has 3 rings (SSSR count). The molecule has 2 aromatic heterocycles. The van der Waals surface area contributed by atoms with E-state index in [1.807, 2.05) is 0 Å². The summed E-state index contributed by atoms with van der Waals surface area (Å²) in [4.78, 5) is 28.4. The van der Waals surface area contributed by atoms with Gasteiger partial charge in [0.25, 0.3) is 5.91 Å². The number of carbonyl (C=O) groups is 2. The zero-order chi connectivity index (χ0) is 21.2. The quantitative estimate of drug-likeness (QED) is 0.700. The number of aryl methyl sites for hydroxylation is 1. The zero-order valence-corrected chi connectivity index (χ0v) is 16.6. The van der Waals surface area contributed by atoms with Crippen LogP contribution >= 0.6 is 0 Å². The van der Waals surface area contributed by atoms with Crippen LogP contribution in [0, 0.1) is 12.7 Å². The Kier molecular flexibility index (Phi) is 5.49. The number of benzene rings is 1. The lowest BCUT2D eigenvalue weighted by Gasteiger charge is -2.19. The summed E-state index contributed by atoms with van der Waals surface area (Å²) in [5.41, 5.74) is 1.50. The number of amides is 2. The van der Waals surface area contributed by atoms with Gasteiger partial charge in [0.05, 0.1) is 17.5 Å². The van der Waals surface area contributed by atoms with Crippen molar-refractivity contribution in [2.75, 3.05) is 5.32 Å². The van der Waals surface area contributed by atoms with Gasteiger partial charge in [-0.1, -0.05) is 6.07 Å². The number of nitrogens with zero attached hydrogens (tertiary/aromatic N) is 3. The second-order valence-electron chi connectivity index (χ2n) is 7.47. The first-order chi connectivity index (χ1) is 13.6. The van der Waals surface area contributed by atoms with Crippen LogP contribution in [0.1, 0.15) is 42.4 Å². The molecule has 2 amide bonds. The summed E-state index contributed by atoms with van der Waals surface area (Å²) in [6, 6.07) is 5.97. The lowest BCUT2D eigenvalue weighted by molar-refractivity contribution is 0.0523. The molecule has 0 aliphatic rings. The number of nitrogens with one attached hydrogen (secondary N) is 2. The fourth-order valence-corrected chi connectivity index (χ4v) is 2.66. The third kappa shape index (κ3) is 4.87. The van der Waals surface area contributed by atoms with Crippen molar-refractivity contribution in [3.8, 4) is 0 Å². The molecule has 0 bridgehead atoms. The Morgan fingerprint density at radius 3 is 2.69 bits per heavy atom. The van der Waals surface area contributed by atoms with Crippen LogP contribution in [0.3, 0.4) is 0 Å². The molecule has 1 aromatic carbocycles. The molecule has 29 heavy (non-hydrogen) atoms. The molecule has 152 valence electrons. The fourth-order valence-electron chi connectivity index (χ4n) is 2.66. The Bertz CT molecular complexity index is 1070. The minimum Gasteiger partial charge on any atom is -0.444 e. The Morgan fingerprint density at radius 1 is 1.24 bits per heavy atom. The number of ether oxygens (including phenoxy) is 1. The molecule has 0 saturated heterocycles. The van der Waals surface area contributed by atoms with E-state index in [0.717, 1.165) is 0 Å². The number of hydrogen-bond acceptors (Lipinski definition) is 5. The molecule has 0 unspecified atom stereocenters. The number of rotatable bonds is 4. The maximum absolute atomic E-state index is 14.4. The van der Waals surface area contributed by atoms with Gasteiger partial charge in [-0.3, -0.25) is 4.79 Å². The Hall–Kier alpha value is -3.49. The van der Waals surface area contributed by atoms with Crippen molar-refractivity contribution >= 4 is 23.3 Å². The lowest BCUT2D eigenvalue weighted by atomic mass is 10.1. The monoisotopic (exact) mass is 399 g/mol. The van der Waals surface area contributed by atoms with Gasteiger partial charge in [-0.2, -0.15) is 5.10 Å². The molecule has 0 atom stereocenters. The van der Waals surface area contributed by atoms with Crippen LogP contribution in [0.25, 0.3) is 5.65 Å². The number of halogens is 1. The average molecular weight is 399 g/mol. The molecule has 8 nitrogen and oxygen atoms in total. The van der Waals surface area contributed by atoms with Crippen LogP contribution in [0.4, 0.5) is 14.9 Å². The van der Waals surface area contributed by atoms with Crippen LogP contribution in [-0.4, -0.2) is 32.2 Å². The van der Waals surface area contributed by atoms with Gasteiger partial charge in [0.15, 0.2) is 5.65 Å². The van der Waals surface area contributed by atoms with E-state index >= 15 is 0 Å². The largest absolute Gasteiger partial charge is 0.444 e. The SMILES string of the molecule is Cc1c(C(=O)Nc2ccc(CNC(=O)OC(C)(C)C)c(F)c2)cnc2ccnn12. The molecule has 0 radical (unpaired) electrons. The summed E-state index contributed by atoms with van der Waals surface area (Å²) in [5.74, 6) is -0.984. The lowest BCUT2D eigenvalue weighted by Crippen LogP contribution is -2.32. The van der Waals surface area contributed by atoms with Gasteiger partial charge in [-0.05, 0) is 39.8 Å². The van der Waals surface area contributed by atoms with E-state index in [-0.39, 0.29) is 17.8 Å². The highest BCUT2D eigenvalue weighted by molar-refractivity contribution is 6.04. The number of fused-ring (bicyclic) bond motifs is 1. The molecule has 0 spiro atoms. The van der Waals surface area contributed by atoms with Crippen molar-refractivity contribution < 1.29 is 18.7 Å². The van der Waals surface area contributed by atoms with E-state index in [1.54, 1.807) is 50.5 Å². The van der Waals surface area contributed by atoms with Crippen LogP contribution in [0.5, 0.6) is 0 Å². The molecule has 0 aliphatic heterocycles. The van der Waals surface area contributed by atoms with E-state index < -0.39 is 23.4 Å². The molecule has 2 heterocycles. The van der Waals surface area contributed by atoms with Gasteiger partial charge in [0.1, 0.15) is 11.4 Å². The summed E-state index contributed by atoms with van der Waals surface area (Å²) in [7, 11) is 0. The van der Waals surface area contributed by atoms with E-state index in [4.69, 9.17) is 4.74 Å². The minimum atomic E-state index is -0.636. The maximum Gasteiger partial charge on any atom is 0.407 e. The predicted molar refractivity (Wildman–Crippen MR) is 105 cm³/mol. The third-order valence-electron chi connectivity index (χ3n) is 4.03. The minimum absolute atomic E-state index is 0.0338. The number of carbonyl (C=O) groups excluding carboxylic acids is 2. The summed E-state index contributed by atoms with van der Waals surface area (Å²) in [6.45, 7) is 6.94. The number of aromatic nitrogens is 3. The van der Waals surface area contributed by atoms with Crippen molar-refractivity contribution in [1.82, 2.24) is 19.9 Å². The Balaban J connectivity index is 1.67. The first kappa shape index (κ1) is 20.2. The highest BCUT2D eigenvalue weighted by atomic mass is 19.1. The van der Waals surface area contributed by atoms with Gasteiger partial charge >= 0.3 is 6.09 Å². The summed E-state index contributed by atoms with van der Waals surface area (Å²) in [5, 5.41) is 9.27. The maximum atomic E-state index is 14.4. The van der Waals surface area contributed by atoms with Crippen LogP contribution in [0.2, 0.25) is 0 Å². The smallest absolute Gasteiger partial charge is 0.407 e. The highest BCUT2D eigenvalue weighted by Crippen LogP contribution is 2.17. The van der Waals surface area contributed by atoms with Crippen LogP contribution < -0.4 is 10.6 Å². The molecule has 0 saturated carbocycles. The van der Waals surface area contributed by atoms with Crippen molar-refractivity contribution in [3.63, 3.8) is 0 Å². The van der Waals surface area contributed by atoms with Gasteiger partial charge in [0.2, 0.25) is 0 Å². The van der Waals surface area contributed by atoms with Gasteiger partial charge in [0, 0.05) is 30.1 Å². The molecule has 0 fully saturated rings. The van der Waals surface area contributed by atoms with Crippen molar-refractivity contribution in [3.05, 3.63) is 59.3 Å². The van der Waals surface area contributed by atoms with Crippen molar-refractivity contribution in [2.45, 2.75) is 39.8 Å². The first-order valence-electron chi connectivity index (χ1n) is 9.00. The second kappa shape index (κ2) is 7.86. The number of alkyl carbamates (subject to hydrolysis) is 1. The number of anilines is 1. The zero-order valence-electron chi connectivity index (χ0n) is 16.6. The van der Waals surface area contributed by atoms with Gasteiger partial charge in [-0.15, -0.1) is 0 Å². The highest BCUT2D eigenvalue weighted by Gasteiger charge is 2.17. The van der Waals surface area contributed by atoms with E-state index in [9.17, 15) is 14.0 Å². The Labute approximate surface area is 167 Å². The third-order valence-corrected chi connectivity index (χ3v) is 4.03. The Morgan fingerprint density at radius 2 is 2.00 bits per heavy atom. The second-order valence-corrected chi connectivity index (χ2v) is 7.47. The average Bonchev–Trinajstić information content (AvgIpc) is 3.09. The summed E-state index contributed by atoms with van der Waals surface area (Å²) >= 11 is 0. The van der Waals surface area contributed by atoms with Crippen LogP contribution in [0.15, 0.2) is 36.7 Å². The van der Waals surface area contributed by atoms with Crippen molar-refractivity contribution in [1.29, 1.82) is 0 Å². The van der Waals surface area contributed by atoms with E-state index in [2.05, 4.69) is 20.7 Å². The molecule has 2 N–H and O–H groups in total. The summed E-state index contributed by atoms with van der Waals surface area (Å²) in [6.07, 6.45) is 2.42. The molecule has 9 heteroatoms. The van der Waals surface area contributed by atoms with E-state index in [0.29, 0.717) is 16.9 Å².